The molecule has 1 aromatic rings. The van der Waals surface area contributed by atoms with Crippen molar-refractivity contribution < 1.29 is 0 Å². The Balaban J connectivity index is 0.00000121. The van der Waals surface area contributed by atoms with Crippen LogP contribution in [0.25, 0.3) is 0 Å². The smallest absolute Gasteiger partial charge is 0.0541 e. The number of hydrogen-bond acceptors (Lipinski definition) is 3. The van der Waals surface area contributed by atoms with E-state index in [0.29, 0.717) is 6.54 Å². The lowest BCUT2D eigenvalue weighted by Crippen LogP contribution is -2.16. The summed E-state index contributed by atoms with van der Waals surface area (Å²) in [7, 11) is 0. The molecule has 0 bridgehead atoms. The summed E-state index contributed by atoms with van der Waals surface area (Å²) in [5.41, 5.74) is 1.80. The molecule has 0 saturated carbocycles. The number of rotatable bonds is 6. The Morgan fingerprint density at radius 1 is 1.47 bits per heavy atom. The molecule has 0 aliphatic rings. The number of hydrogen-bond donors (Lipinski definition) is 1. The number of nitrogens with one attached hydrogen (secondary N) is 1. The van der Waals surface area contributed by atoms with Gasteiger partial charge in [0.1, 0.15) is 0 Å². The first kappa shape index (κ1) is 15.3. The van der Waals surface area contributed by atoms with Gasteiger partial charge in [-0.15, -0.1) is 0 Å². The highest BCUT2D eigenvalue weighted by Crippen LogP contribution is 1.93. The molecule has 92 valence electrons. The average molecular weight is 231 g/mol. The molecule has 0 aliphatic carbocycles. The van der Waals surface area contributed by atoms with Crippen molar-refractivity contribution in [2.24, 2.45) is 4.99 Å². The Kier molecular flexibility index (Phi) is 9.67. The first-order valence-corrected chi connectivity index (χ1v) is 5.76. The summed E-state index contributed by atoms with van der Waals surface area (Å²) < 4.78 is 0. The lowest BCUT2D eigenvalue weighted by atomic mass is 10.3. The maximum Gasteiger partial charge on any atom is 0.0541 e. The van der Waals surface area contributed by atoms with Gasteiger partial charge in [0.2, 0.25) is 0 Å². The minimum absolute atomic E-state index is 0.654. The zero-order chi connectivity index (χ0) is 12.9. The summed E-state index contributed by atoms with van der Waals surface area (Å²) in [5, 5.41) is 3.20. The maximum atomic E-state index is 4.19. The van der Waals surface area contributed by atoms with Gasteiger partial charge in [0, 0.05) is 31.2 Å². The minimum atomic E-state index is 0.654. The highest BCUT2D eigenvalue weighted by atomic mass is 14.9. The van der Waals surface area contributed by atoms with Crippen LogP contribution in [0.5, 0.6) is 0 Å². The number of nitrogens with zero attached hydrogens (tertiary/aromatic N) is 2. The third-order valence-electron chi connectivity index (χ3n) is 1.72. The van der Waals surface area contributed by atoms with Crippen LogP contribution in [0.15, 0.2) is 54.3 Å². The minimum Gasteiger partial charge on any atom is -0.306 e. The summed E-state index contributed by atoms with van der Waals surface area (Å²) in [5.74, 6) is 0. The molecule has 0 amide bonds. The van der Waals surface area contributed by atoms with Crippen LogP contribution in [0.3, 0.4) is 0 Å². The number of aliphatic imine (C=N–C) groups is 1. The molecule has 3 heteroatoms. The number of aromatic nitrogens is 1. The van der Waals surface area contributed by atoms with E-state index in [-0.39, 0.29) is 0 Å². The van der Waals surface area contributed by atoms with Crippen LogP contribution in [0.1, 0.15) is 19.5 Å². The van der Waals surface area contributed by atoms with Crippen molar-refractivity contribution in [3.8, 4) is 0 Å². The Morgan fingerprint density at radius 3 is 2.82 bits per heavy atom. The Labute approximate surface area is 104 Å². The summed E-state index contributed by atoms with van der Waals surface area (Å²) >= 11 is 0. The quantitative estimate of drug-likeness (QED) is 0.764. The zero-order valence-corrected chi connectivity index (χ0v) is 10.7. The second-order valence-corrected chi connectivity index (χ2v) is 3.00. The van der Waals surface area contributed by atoms with Crippen LogP contribution in [-0.4, -0.2) is 17.7 Å². The molecule has 0 aromatic carbocycles. The molecule has 1 N–H and O–H groups in total. The second kappa shape index (κ2) is 10.8. The van der Waals surface area contributed by atoms with E-state index in [1.54, 1.807) is 18.5 Å². The SMILES string of the molecule is C=CC=NC(=C)CNCc1ccccn1.CC. The Bertz CT molecular complexity index is 342. The summed E-state index contributed by atoms with van der Waals surface area (Å²) in [6.07, 6.45) is 5.04. The van der Waals surface area contributed by atoms with Crippen molar-refractivity contribution in [1.82, 2.24) is 10.3 Å². The van der Waals surface area contributed by atoms with Crippen LogP contribution in [0, 0.1) is 0 Å². The van der Waals surface area contributed by atoms with E-state index in [9.17, 15) is 0 Å². The standard InChI is InChI=1S/C12H15N3.C2H6/c1-3-7-14-11(2)9-13-10-12-6-4-5-8-15-12;1-2/h3-8,13H,1-2,9-10H2;1-2H3. The monoisotopic (exact) mass is 231 g/mol. The molecule has 0 atom stereocenters. The van der Waals surface area contributed by atoms with Gasteiger partial charge in [-0.1, -0.05) is 39.1 Å². The van der Waals surface area contributed by atoms with E-state index in [1.165, 1.54) is 0 Å². The van der Waals surface area contributed by atoms with E-state index in [4.69, 9.17) is 0 Å². The molecule has 0 unspecified atom stereocenters. The van der Waals surface area contributed by atoms with Crippen molar-refractivity contribution in [3.63, 3.8) is 0 Å². The van der Waals surface area contributed by atoms with E-state index in [0.717, 1.165) is 17.9 Å². The molecule has 0 spiro atoms. The lowest BCUT2D eigenvalue weighted by molar-refractivity contribution is 0.721. The average Bonchev–Trinajstić information content (AvgIpc) is 2.40. The van der Waals surface area contributed by atoms with Crippen LogP contribution in [0.2, 0.25) is 0 Å². The van der Waals surface area contributed by atoms with Gasteiger partial charge in [-0.2, -0.15) is 0 Å². The van der Waals surface area contributed by atoms with Crippen LogP contribution in [0.4, 0.5) is 0 Å². The third-order valence-corrected chi connectivity index (χ3v) is 1.72. The molecule has 0 saturated heterocycles. The molecule has 1 heterocycles. The van der Waals surface area contributed by atoms with E-state index >= 15 is 0 Å². The molecule has 3 nitrogen and oxygen atoms in total. The maximum absolute atomic E-state index is 4.19. The summed E-state index contributed by atoms with van der Waals surface area (Å²) in [4.78, 5) is 8.24. The molecule has 1 rings (SSSR count). The lowest BCUT2D eigenvalue weighted by Gasteiger charge is -2.02. The zero-order valence-electron chi connectivity index (χ0n) is 10.7. The Hall–Kier alpha value is -1.74. The molecular formula is C14H21N3. The van der Waals surface area contributed by atoms with Gasteiger partial charge >= 0.3 is 0 Å². The first-order chi connectivity index (χ1) is 8.33. The molecule has 0 fully saturated rings. The normalized spacial score (nSPS) is 9.53. The van der Waals surface area contributed by atoms with Crippen LogP contribution < -0.4 is 5.32 Å². The topological polar surface area (TPSA) is 37.3 Å². The van der Waals surface area contributed by atoms with Gasteiger partial charge in [-0.05, 0) is 12.1 Å². The molecule has 0 radical (unpaired) electrons. The molecule has 0 aliphatic heterocycles. The Morgan fingerprint density at radius 2 is 2.24 bits per heavy atom. The summed E-state index contributed by atoms with van der Waals surface area (Å²) in [6.45, 7) is 12.7. The van der Waals surface area contributed by atoms with E-state index in [2.05, 4.69) is 28.5 Å². The van der Waals surface area contributed by atoms with E-state index in [1.807, 2.05) is 32.0 Å². The van der Waals surface area contributed by atoms with Crippen molar-refractivity contribution in [2.75, 3.05) is 6.54 Å². The summed E-state index contributed by atoms with van der Waals surface area (Å²) in [6, 6.07) is 5.84. The number of allylic oxidation sites excluding steroid dienone is 1. The third kappa shape index (κ3) is 8.11. The van der Waals surface area contributed by atoms with Gasteiger partial charge in [0.25, 0.3) is 0 Å². The predicted molar refractivity (Wildman–Crippen MR) is 75.1 cm³/mol. The van der Waals surface area contributed by atoms with Gasteiger partial charge in [0.05, 0.1) is 5.69 Å². The second-order valence-electron chi connectivity index (χ2n) is 3.00. The van der Waals surface area contributed by atoms with Crippen LogP contribution >= 0.6 is 0 Å². The number of pyridine rings is 1. The van der Waals surface area contributed by atoms with Crippen molar-refractivity contribution in [3.05, 3.63) is 55.0 Å². The van der Waals surface area contributed by atoms with Gasteiger partial charge < -0.3 is 5.32 Å². The predicted octanol–water partition coefficient (Wildman–Crippen LogP) is 2.97. The highest BCUT2D eigenvalue weighted by Gasteiger charge is 1.92. The van der Waals surface area contributed by atoms with Crippen molar-refractivity contribution in [1.29, 1.82) is 0 Å². The molecular weight excluding hydrogens is 210 g/mol. The largest absolute Gasteiger partial charge is 0.306 e. The van der Waals surface area contributed by atoms with Gasteiger partial charge in [0.15, 0.2) is 0 Å². The fraction of sp³-hybridized carbons (Fsp3) is 0.286. The van der Waals surface area contributed by atoms with Gasteiger partial charge in [-0.25, -0.2) is 0 Å². The highest BCUT2D eigenvalue weighted by molar-refractivity contribution is 5.71. The van der Waals surface area contributed by atoms with E-state index < -0.39 is 0 Å². The van der Waals surface area contributed by atoms with Gasteiger partial charge in [-0.3, -0.25) is 9.98 Å². The van der Waals surface area contributed by atoms with Crippen LogP contribution in [-0.2, 0) is 6.54 Å². The van der Waals surface area contributed by atoms with Crippen molar-refractivity contribution in [2.45, 2.75) is 20.4 Å². The fourth-order valence-electron chi connectivity index (χ4n) is 1.04. The fourth-order valence-corrected chi connectivity index (χ4v) is 1.04. The van der Waals surface area contributed by atoms with Crippen molar-refractivity contribution >= 4 is 6.21 Å². The first-order valence-electron chi connectivity index (χ1n) is 5.76. The molecule has 1 aromatic heterocycles. The molecule has 17 heavy (non-hydrogen) atoms.